The second-order valence-electron chi connectivity index (χ2n) is 26.3. The third-order valence-electron chi connectivity index (χ3n) is 16.7. The van der Waals surface area contributed by atoms with Crippen LogP contribution in [0.2, 0.25) is 0 Å². The lowest BCUT2D eigenvalue weighted by molar-refractivity contribution is -0.161. The molecular formula is C79H142O17P2. The molecule has 0 radical (unpaired) electrons. The van der Waals surface area contributed by atoms with E-state index in [9.17, 15) is 43.2 Å². The van der Waals surface area contributed by atoms with Gasteiger partial charge in [0.15, 0.2) is 12.2 Å². The first-order valence-corrected chi connectivity index (χ1v) is 42.2. The minimum absolute atomic E-state index is 0.0715. The molecule has 5 atom stereocenters. The van der Waals surface area contributed by atoms with Crippen molar-refractivity contribution in [3.05, 3.63) is 72.9 Å². The number of esters is 4. The lowest BCUT2D eigenvalue weighted by atomic mass is 10.0. The smallest absolute Gasteiger partial charge is 0.462 e. The summed E-state index contributed by atoms with van der Waals surface area (Å²) in [6.45, 7) is 4.70. The molecule has 0 aromatic carbocycles. The fraction of sp³-hybridized carbons (Fsp3) is 0.797. The molecule has 0 spiro atoms. The predicted molar refractivity (Wildman–Crippen MR) is 400 cm³/mol. The van der Waals surface area contributed by atoms with Crippen molar-refractivity contribution < 1.29 is 80.2 Å². The molecule has 0 aliphatic heterocycles. The Bertz CT molecular complexity index is 2140. The standard InChI is InChI=1S/C79H142O17P2/c1-5-9-13-17-21-25-29-33-36-40-43-47-51-55-59-63-76(81)89-69-74(95-78(83)65-61-57-53-49-45-39-32-28-24-20-16-12-8-4)71-93-97(85,86)91-67-73(80)68-92-98(87,88)94-72-75(96-79(84)66-62-58-54-50-46-42-38-35-31-27-23-19-15-11-7-3)70-90-77(82)64-60-56-52-48-44-41-37-34-30-26-22-18-14-10-6-2/h9,13,16,20-21,25,28,32-33,36,43,47,73-75,80H,5-8,10-12,14-15,17-19,22-24,26-27,29-31,34-35,37-42,44-46,48-72H2,1-4H3,(H,85,86)(H,87,88)/b13-9-,20-16-,25-21-,32-28-,36-33-,47-43-. The van der Waals surface area contributed by atoms with E-state index in [2.05, 4.69) is 101 Å². The highest BCUT2D eigenvalue weighted by atomic mass is 31.2. The number of allylic oxidation sites excluding steroid dienone is 12. The Kier molecular flexibility index (Phi) is 69.3. The van der Waals surface area contributed by atoms with Gasteiger partial charge in [-0.3, -0.25) is 37.3 Å². The highest BCUT2D eigenvalue weighted by Crippen LogP contribution is 2.45. The van der Waals surface area contributed by atoms with Crippen molar-refractivity contribution in [3.63, 3.8) is 0 Å². The molecule has 0 saturated carbocycles. The highest BCUT2D eigenvalue weighted by molar-refractivity contribution is 7.47. The third kappa shape index (κ3) is 70.9. The minimum Gasteiger partial charge on any atom is -0.462 e. The first kappa shape index (κ1) is 94.5. The van der Waals surface area contributed by atoms with Crippen LogP contribution in [0.1, 0.15) is 349 Å². The van der Waals surface area contributed by atoms with E-state index in [-0.39, 0.29) is 25.7 Å². The van der Waals surface area contributed by atoms with E-state index in [4.69, 9.17) is 37.0 Å². The van der Waals surface area contributed by atoms with Crippen LogP contribution in [0.25, 0.3) is 0 Å². The van der Waals surface area contributed by atoms with Crippen molar-refractivity contribution in [2.24, 2.45) is 0 Å². The number of carbonyl (C=O) groups excluding carboxylic acids is 4. The summed E-state index contributed by atoms with van der Waals surface area (Å²) in [6.07, 6.45) is 71.7. The topological polar surface area (TPSA) is 237 Å². The molecule has 0 rings (SSSR count). The van der Waals surface area contributed by atoms with Gasteiger partial charge in [-0.25, -0.2) is 9.13 Å². The maximum absolute atomic E-state index is 13.1. The highest BCUT2D eigenvalue weighted by Gasteiger charge is 2.30. The molecule has 0 bridgehead atoms. The van der Waals surface area contributed by atoms with Crippen LogP contribution in [0.4, 0.5) is 0 Å². The van der Waals surface area contributed by atoms with Gasteiger partial charge in [0.2, 0.25) is 0 Å². The normalized spacial score (nSPS) is 14.3. The lowest BCUT2D eigenvalue weighted by Gasteiger charge is -2.21. The van der Waals surface area contributed by atoms with Gasteiger partial charge in [-0.15, -0.1) is 0 Å². The van der Waals surface area contributed by atoms with Gasteiger partial charge in [0.1, 0.15) is 19.3 Å². The van der Waals surface area contributed by atoms with Gasteiger partial charge in [0, 0.05) is 25.7 Å². The molecule has 0 heterocycles. The second-order valence-corrected chi connectivity index (χ2v) is 29.2. The number of hydrogen-bond acceptors (Lipinski definition) is 15. The van der Waals surface area contributed by atoms with Crippen LogP contribution in [0.3, 0.4) is 0 Å². The molecule has 0 amide bonds. The third-order valence-corrected chi connectivity index (χ3v) is 18.6. The summed E-state index contributed by atoms with van der Waals surface area (Å²) in [4.78, 5) is 72.9. The van der Waals surface area contributed by atoms with Crippen molar-refractivity contribution in [2.45, 2.75) is 367 Å². The zero-order valence-corrected chi connectivity index (χ0v) is 64.0. The Hall–Kier alpha value is -3.50. The Balaban J connectivity index is 5.35. The SMILES string of the molecule is CC/C=C\C/C=C\C/C=C\C/C=C\CCCCC(=O)OCC(COP(=O)(O)OCC(O)COP(=O)(O)OCC(COC(=O)CCCCCCCCCCCCCCCCC)OC(=O)CCCCCCCCCCCCCCCCC)OC(=O)CCCCCCC/C=C\C/C=C\CCC. The molecule has 19 heteroatoms. The average Bonchev–Trinajstić information content (AvgIpc) is 0.959. The van der Waals surface area contributed by atoms with Gasteiger partial charge in [-0.1, -0.05) is 306 Å². The van der Waals surface area contributed by atoms with Crippen molar-refractivity contribution in [1.82, 2.24) is 0 Å². The summed E-state index contributed by atoms with van der Waals surface area (Å²) in [5, 5.41) is 10.6. The van der Waals surface area contributed by atoms with Crippen molar-refractivity contribution in [3.8, 4) is 0 Å². The molecule has 0 aliphatic rings. The van der Waals surface area contributed by atoms with E-state index in [1.54, 1.807) is 0 Å². The summed E-state index contributed by atoms with van der Waals surface area (Å²) < 4.78 is 68.5. The summed E-state index contributed by atoms with van der Waals surface area (Å²) in [7, 11) is -9.95. The van der Waals surface area contributed by atoms with Crippen LogP contribution in [-0.2, 0) is 65.4 Å². The number of carbonyl (C=O) groups is 4. The molecule has 0 aliphatic carbocycles. The number of aliphatic hydroxyl groups is 1. The van der Waals surface area contributed by atoms with Gasteiger partial charge < -0.3 is 33.8 Å². The van der Waals surface area contributed by atoms with Crippen molar-refractivity contribution >= 4 is 39.5 Å². The first-order chi connectivity index (χ1) is 47.7. The van der Waals surface area contributed by atoms with Gasteiger partial charge in [0.25, 0.3) is 0 Å². The average molecular weight is 1430 g/mol. The fourth-order valence-corrected chi connectivity index (χ4v) is 12.3. The molecule has 5 unspecified atom stereocenters. The van der Waals surface area contributed by atoms with Gasteiger partial charge >= 0.3 is 39.5 Å². The fourth-order valence-electron chi connectivity index (χ4n) is 10.7. The van der Waals surface area contributed by atoms with Crippen LogP contribution in [-0.4, -0.2) is 96.7 Å². The molecule has 3 N–H and O–H groups in total. The van der Waals surface area contributed by atoms with Gasteiger partial charge in [0.05, 0.1) is 26.4 Å². The summed E-state index contributed by atoms with van der Waals surface area (Å²) in [5.41, 5.74) is 0. The van der Waals surface area contributed by atoms with Crippen LogP contribution < -0.4 is 0 Å². The van der Waals surface area contributed by atoms with Crippen molar-refractivity contribution in [1.29, 1.82) is 0 Å². The number of phosphoric acid groups is 2. The van der Waals surface area contributed by atoms with E-state index < -0.39 is 97.5 Å². The number of ether oxygens (including phenoxy) is 4. The van der Waals surface area contributed by atoms with Crippen LogP contribution in [0.15, 0.2) is 72.9 Å². The van der Waals surface area contributed by atoms with E-state index in [0.717, 1.165) is 135 Å². The van der Waals surface area contributed by atoms with E-state index in [0.29, 0.717) is 25.7 Å². The summed E-state index contributed by atoms with van der Waals surface area (Å²) in [5.74, 6) is -2.21. The molecule has 0 aromatic rings. The van der Waals surface area contributed by atoms with E-state index in [1.807, 2.05) is 0 Å². The monoisotopic (exact) mass is 1420 g/mol. The molecular weight excluding hydrogens is 1280 g/mol. The number of rotatable bonds is 74. The van der Waals surface area contributed by atoms with Gasteiger partial charge in [-0.2, -0.15) is 0 Å². The maximum atomic E-state index is 13.1. The summed E-state index contributed by atoms with van der Waals surface area (Å²) >= 11 is 0. The van der Waals surface area contributed by atoms with Crippen LogP contribution in [0, 0.1) is 0 Å². The number of aliphatic hydroxyl groups excluding tert-OH is 1. The van der Waals surface area contributed by atoms with E-state index >= 15 is 0 Å². The van der Waals surface area contributed by atoms with Crippen molar-refractivity contribution in [2.75, 3.05) is 39.6 Å². The minimum atomic E-state index is -4.98. The Morgan fingerprint density at radius 3 is 0.878 bits per heavy atom. The van der Waals surface area contributed by atoms with Crippen LogP contribution in [0.5, 0.6) is 0 Å². The summed E-state index contributed by atoms with van der Waals surface area (Å²) in [6, 6.07) is 0. The Morgan fingerprint density at radius 1 is 0.296 bits per heavy atom. The zero-order valence-electron chi connectivity index (χ0n) is 62.2. The lowest BCUT2D eigenvalue weighted by Crippen LogP contribution is -2.30. The molecule has 570 valence electrons. The number of hydrogen-bond donors (Lipinski definition) is 3. The maximum Gasteiger partial charge on any atom is 0.472 e. The first-order valence-electron chi connectivity index (χ1n) is 39.2. The largest absolute Gasteiger partial charge is 0.472 e. The van der Waals surface area contributed by atoms with Crippen LogP contribution >= 0.6 is 15.6 Å². The molecule has 0 saturated heterocycles. The quantitative estimate of drug-likeness (QED) is 0.0169. The van der Waals surface area contributed by atoms with E-state index in [1.165, 1.54) is 135 Å². The molecule has 0 aromatic heterocycles. The zero-order chi connectivity index (χ0) is 71.8. The molecule has 17 nitrogen and oxygen atoms in total. The Labute approximate surface area is 596 Å². The molecule has 98 heavy (non-hydrogen) atoms. The Morgan fingerprint density at radius 2 is 0.551 bits per heavy atom. The number of phosphoric ester groups is 2. The predicted octanol–water partition coefficient (Wildman–Crippen LogP) is 22.4. The molecule has 0 fully saturated rings. The van der Waals surface area contributed by atoms with Gasteiger partial charge in [-0.05, 0) is 89.9 Å². The number of unbranched alkanes of at least 4 members (excludes halogenated alkanes) is 36. The second kappa shape index (κ2) is 71.9.